The molecule has 3 N–H and O–H groups in total. The summed E-state index contributed by atoms with van der Waals surface area (Å²) in [4.78, 5) is 11.4. The van der Waals surface area contributed by atoms with Crippen molar-refractivity contribution in [2.45, 2.75) is 25.0 Å². The monoisotopic (exact) mass is 246 g/mol. The lowest BCUT2D eigenvalue weighted by molar-refractivity contribution is 0.158. The van der Waals surface area contributed by atoms with Crippen molar-refractivity contribution >= 4 is 11.8 Å². The van der Waals surface area contributed by atoms with Gasteiger partial charge < -0.3 is 10.5 Å². The lowest BCUT2D eigenvalue weighted by Gasteiger charge is -2.08. The molecule has 0 saturated carbocycles. The molecule has 7 heteroatoms. The van der Waals surface area contributed by atoms with Gasteiger partial charge in [-0.25, -0.2) is 9.89 Å². The lowest BCUT2D eigenvalue weighted by atomic mass is 10.4. The van der Waals surface area contributed by atoms with Crippen LogP contribution in [0.15, 0.2) is 9.95 Å². The smallest absolute Gasteiger partial charge is 0.344 e. The first-order valence-electron chi connectivity index (χ1n) is 5.24. The number of thioether (sulfide) groups is 1. The normalized spacial score (nSPS) is 11.2. The Labute approximate surface area is 98.6 Å². The van der Waals surface area contributed by atoms with Gasteiger partial charge in [-0.15, -0.1) is 5.10 Å². The summed E-state index contributed by atoms with van der Waals surface area (Å²) in [5.41, 5.74) is 5.13. The number of rotatable bonds is 7. The van der Waals surface area contributed by atoms with Crippen LogP contribution in [0.4, 0.5) is 0 Å². The first kappa shape index (κ1) is 13.3. The molecule has 0 unspecified atom stereocenters. The first-order valence-corrected chi connectivity index (χ1v) is 6.23. The van der Waals surface area contributed by atoms with Gasteiger partial charge in [0.15, 0.2) is 5.16 Å². The van der Waals surface area contributed by atoms with E-state index in [4.69, 9.17) is 10.5 Å². The second-order valence-corrected chi connectivity index (χ2v) is 4.59. The van der Waals surface area contributed by atoms with Gasteiger partial charge in [0.25, 0.3) is 0 Å². The van der Waals surface area contributed by atoms with Gasteiger partial charge in [-0.3, -0.25) is 4.57 Å². The predicted molar refractivity (Wildman–Crippen MR) is 63.8 cm³/mol. The summed E-state index contributed by atoms with van der Waals surface area (Å²) in [5, 5.41) is 7.11. The number of hydrogen-bond acceptors (Lipinski definition) is 5. The van der Waals surface area contributed by atoms with Crippen LogP contribution < -0.4 is 11.4 Å². The molecular formula is C9H18N4O2S. The summed E-state index contributed by atoms with van der Waals surface area (Å²) in [5.74, 6) is 0.761. The van der Waals surface area contributed by atoms with E-state index in [1.165, 1.54) is 11.8 Å². The van der Waals surface area contributed by atoms with Crippen LogP contribution in [-0.2, 0) is 4.74 Å². The third-order valence-corrected chi connectivity index (χ3v) is 2.83. The molecular weight excluding hydrogens is 228 g/mol. The van der Waals surface area contributed by atoms with Crippen molar-refractivity contribution in [3.63, 3.8) is 0 Å². The molecule has 1 heterocycles. The van der Waals surface area contributed by atoms with Crippen molar-refractivity contribution < 1.29 is 4.74 Å². The van der Waals surface area contributed by atoms with E-state index >= 15 is 0 Å². The van der Waals surface area contributed by atoms with Gasteiger partial charge in [0.2, 0.25) is 0 Å². The molecule has 92 valence electrons. The lowest BCUT2D eigenvalue weighted by Crippen LogP contribution is -2.19. The van der Waals surface area contributed by atoms with Gasteiger partial charge in [0.05, 0.1) is 13.2 Å². The van der Waals surface area contributed by atoms with E-state index in [9.17, 15) is 4.79 Å². The number of aromatic amines is 1. The van der Waals surface area contributed by atoms with E-state index < -0.39 is 0 Å². The SMILES string of the molecule is CC(C)n1c(SCCOCCN)n[nH]c1=O. The van der Waals surface area contributed by atoms with Crippen LogP contribution in [0.3, 0.4) is 0 Å². The highest BCUT2D eigenvalue weighted by Gasteiger charge is 2.10. The zero-order valence-electron chi connectivity index (χ0n) is 9.60. The molecule has 16 heavy (non-hydrogen) atoms. The van der Waals surface area contributed by atoms with E-state index in [0.29, 0.717) is 24.9 Å². The number of nitrogens with one attached hydrogen (secondary N) is 1. The Balaban J connectivity index is 2.45. The van der Waals surface area contributed by atoms with Crippen molar-refractivity contribution in [2.24, 2.45) is 5.73 Å². The Morgan fingerprint density at radius 1 is 1.56 bits per heavy atom. The summed E-state index contributed by atoms with van der Waals surface area (Å²) in [7, 11) is 0. The molecule has 0 amide bonds. The van der Waals surface area contributed by atoms with Crippen LogP contribution in [0, 0.1) is 0 Å². The maximum atomic E-state index is 11.4. The Morgan fingerprint density at radius 2 is 2.31 bits per heavy atom. The molecule has 0 radical (unpaired) electrons. The fraction of sp³-hybridized carbons (Fsp3) is 0.778. The molecule has 6 nitrogen and oxygen atoms in total. The minimum Gasteiger partial charge on any atom is -0.379 e. The van der Waals surface area contributed by atoms with Crippen LogP contribution in [0.2, 0.25) is 0 Å². The predicted octanol–water partition coefficient (Wildman–Crippen LogP) is 0.220. The topological polar surface area (TPSA) is 85.9 Å². The van der Waals surface area contributed by atoms with Gasteiger partial charge >= 0.3 is 5.69 Å². The molecule has 0 aliphatic rings. The zero-order chi connectivity index (χ0) is 12.0. The highest BCUT2D eigenvalue weighted by molar-refractivity contribution is 7.99. The number of H-pyrrole nitrogens is 1. The van der Waals surface area contributed by atoms with Crippen molar-refractivity contribution in [1.29, 1.82) is 0 Å². The average Bonchev–Trinajstić information content (AvgIpc) is 2.59. The van der Waals surface area contributed by atoms with Gasteiger partial charge in [0, 0.05) is 18.3 Å². The molecule has 1 aromatic rings. The fourth-order valence-electron chi connectivity index (χ4n) is 1.22. The quantitative estimate of drug-likeness (QED) is 0.531. The second-order valence-electron chi connectivity index (χ2n) is 3.52. The molecule has 1 aromatic heterocycles. The molecule has 0 fully saturated rings. The summed E-state index contributed by atoms with van der Waals surface area (Å²) in [6, 6.07) is 0.110. The van der Waals surface area contributed by atoms with Gasteiger partial charge in [0.1, 0.15) is 0 Å². The van der Waals surface area contributed by atoms with Gasteiger partial charge in [-0.1, -0.05) is 11.8 Å². The number of aromatic nitrogens is 3. The highest BCUT2D eigenvalue weighted by atomic mass is 32.2. The van der Waals surface area contributed by atoms with Crippen LogP contribution in [0.25, 0.3) is 0 Å². The second kappa shape index (κ2) is 6.72. The summed E-state index contributed by atoms with van der Waals surface area (Å²) in [6.07, 6.45) is 0. The maximum absolute atomic E-state index is 11.4. The van der Waals surface area contributed by atoms with Crippen LogP contribution in [-0.4, -0.2) is 40.3 Å². The van der Waals surface area contributed by atoms with E-state index in [1.807, 2.05) is 13.8 Å². The largest absolute Gasteiger partial charge is 0.379 e. The number of ether oxygens (including phenoxy) is 1. The zero-order valence-corrected chi connectivity index (χ0v) is 10.4. The van der Waals surface area contributed by atoms with Crippen molar-refractivity contribution in [3.05, 3.63) is 10.5 Å². The summed E-state index contributed by atoms with van der Waals surface area (Å²) in [6.45, 7) is 5.61. The minimum absolute atomic E-state index is 0.110. The van der Waals surface area contributed by atoms with Crippen LogP contribution >= 0.6 is 11.8 Å². The van der Waals surface area contributed by atoms with E-state index in [1.54, 1.807) is 4.57 Å². The number of hydrogen-bond donors (Lipinski definition) is 2. The molecule has 1 rings (SSSR count). The van der Waals surface area contributed by atoms with Crippen molar-refractivity contribution in [2.75, 3.05) is 25.5 Å². The Hall–Kier alpha value is -0.790. The summed E-state index contributed by atoms with van der Waals surface area (Å²) < 4.78 is 6.87. The molecule has 0 aliphatic heterocycles. The number of nitrogens with two attached hydrogens (primary N) is 1. The third kappa shape index (κ3) is 3.66. The highest BCUT2D eigenvalue weighted by Crippen LogP contribution is 2.16. The molecule has 0 saturated heterocycles. The molecule has 0 spiro atoms. The fourth-order valence-corrected chi connectivity index (χ4v) is 2.15. The molecule has 0 aliphatic carbocycles. The van der Waals surface area contributed by atoms with Crippen LogP contribution in [0.1, 0.15) is 19.9 Å². The Bertz CT molecular complexity index is 361. The Kier molecular flexibility index (Phi) is 5.58. The Morgan fingerprint density at radius 3 is 2.94 bits per heavy atom. The van der Waals surface area contributed by atoms with E-state index in [0.717, 1.165) is 5.75 Å². The van der Waals surface area contributed by atoms with E-state index in [-0.39, 0.29) is 11.7 Å². The van der Waals surface area contributed by atoms with Crippen molar-refractivity contribution in [3.8, 4) is 0 Å². The minimum atomic E-state index is -0.166. The maximum Gasteiger partial charge on any atom is 0.344 e. The summed E-state index contributed by atoms with van der Waals surface area (Å²) >= 11 is 1.50. The number of nitrogens with zero attached hydrogens (tertiary/aromatic N) is 2. The van der Waals surface area contributed by atoms with Crippen molar-refractivity contribution in [1.82, 2.24) is 14.8 Å². The van der Waals surface area contributed by atoms with Gasteiger partial charge in [-0.05, 0) is 13.8 Å². The third-order valence-electron chi connectivity index (χ3n) is 1.91. The van der Waals surface area contributed by atoms with Gasteiger partial charge in [-0.2, -0.15) is 0 Å². The molecule has 0 aromatic carbocycles. The molecule has 0 atom stereocenters. The molecule has 0 bridgehead atoms. The average molecular weight is 246 g/mol. The van der Waals surface area contributed by atoms with Crippen LogP contribution in [0.5, 0.6) is 0 Å². The van der Waals surface area contributed by atoms with E-state index in [2.05, 4.69) is 10.2 Å². The standard InChI is InChI=1S/C9H18N4O2S/c1-7(2)13-8(14)11-12-9(13)16-6-5-15-4-3-10/h7H,3-6,10H2,1-2H3,(H,11,14). The first-order chi connectivity index (χ1) is 7.66.